The Hall–Kier alpha value is -1.95. The second-order valence-corrected chi connectivity index (χ2v) is 4.02. The quantitative estimate of drug-likeness (QED) is 0.670. The third-order valence-electron chi connectivity index (χ3n) is 1.99. The van der Waals surface area contributed by atoms with Gasteiger partial charge in [-0.15, -0.1) is 5.10 Å². The summed E-state index contributed by atoms with van der Waals surface area (Å²) in [4.78, 5) is 8.28. The number of hydrogen-bond donors (Lipinski definition) is 1. The number of para-hydroxylation sites is 1. The lowest BCUT2D eigenvalue weighted by molar-refractivity contribution is 0.875. The molecule has 1 aromatic carbocycles. The fourth-order valence-corrected chi connectivity index (χ4v) is 2.21. The van der Waals surface area contributed by atoms with Crippen LogP contribution in [0.3, 0.4) is 0 Å². The van der Waals surface area contributed by atoms with Crippen molar-refractivity contribution >= 4 is 27.5 Å². The van der Waals surface area contributed by atoms with Gasteiger partial charge in [0.2, 0.25) is 11.1 Å². The number of anilines is 1. The van der Waals surface area contributed by atoms with Crippen LogP contribution in [0.2, 0.25) is 0 Å². The molecule has 0 amide bonds. The average Bonchev–Trinajstić information content (AvgIpc) is 2.82. The van der Waals surface area contributed by atoms with Gasteiger partial charge in [-0.25, -0.2) is 9.97 Å². The molecule has 0 saturated heterocycles. The number of fused-ring (bicyclic) bond motifs is 1. The van der Waals surface area contributed by atoms with Gasteiger partial charge in [-0.1, -0.05) is 23.5 Å². The van der Waals surface area contributed by atoms with Crippen LogP contribution in [-0.4, -0.2) is 19.7 Å². The van der Waals surface area contributed by atoms with Crippen molar-refractivity contribution in [3.63, 3.8) is 0 Å². The molecule has 0 aliphatic heterocycles. The summed E-state index contributed by atoms with van der Waals surface area (Å²) in [6.45, 7) is 0. The van der Waals surface area contributed by atoms with E-state index in [4.69, 9.17) is 5.73 Å². The second kappa shape index (κ2) is 3.03. The maximum atomic E-state index is 5.44. The van der Waals surface area contributed by atoms with Crippen molar-refractivity contribution in [2.24, 2.45) is 0 Å². The minimum atomic E-state index is 0.259. The van der Waals surface area contributed by atoms with Crippen LogP contribution in [0.15, 0.2) is 30.6 Å². The number of nitrogens with zero attached hydrogens (tertiary/aromatic N) is 4. The third kappa shape index (κ3) is 1.35. The van der Waals surface area contributed by atoms with Gasteiger partial charge in [0, 0.05) is 0 Å². The zero-order chi connectivity index (χ0) is 10.3. The van der Waals surface area contributed by atoms with E-state index < -0.39 is 0 Å². The van der Waals surface area contributed by atoms with E-state index in [0.717, 1.165) is 15.3 Å². The van der Waals surface area contributed by atoms with Gasteiger partial charge in [-0.05, 0) is 12.1 Å². The Bertz CT molecular complexity index is 579. The molecular weight excluding hydrogens is 210 g/mol. The number of nitrogen functional groups attached to an aromatic ring is 1. The Morgan fingerprint density at radius 2 is 2.13 bits per heavy atom. The predicted molar refractivity (Wildman–Crippen MR) is 58.9 cm³/mol. The highest BCUT2D eigenvalue weighted by molar-refractivity contribution is 7.20. The molecule has 74 valence electrons. The minimum absolute atomic E-state index is 0.259. The van der Waals surface area contributed by atoms with E-state index in [1.807, 2.05) is 24.3 Å². The number of benzene rings is 1. The molecule has 2 heterocycles. The van der Waals surface area contributed by atoms with Gasteiger partial charge in [0.15, 0.2) is 0 Å². The minimum Gasteiger partial charge on any atom is -0.366 e. The lowest BCUT2D eigenvalue weighted by Gasteiger charge is -1.89. The first kappa shape index (κ1) is 8.37. The first-order valence-electron chi connectivity index (χ1n) is 4.36. The summed E-state index contributed by atoms with van der Waals surface area (Å²) in [6, 6.07) is 7.94. The maximum Gasteiger partial charge on any atom is 0.239 e. The van der Waals surface area contributed by atoms with Gasteiger partial charge in [-0.2, -0.15) is 4.68 Å². The summed E-state index contributed by atoms with van der Waals surface area (Å²) < 4.78 is 2.71. The smallest absolute Gasteiger partial charge is 0.239 e. The van der Waals surface area contributed by atoms with Gasteiger partial charge < -0.3 is 5.73 Å². The number of hydrogen-bond acceptors (Lipinski definition) is 5. The number of aromatic nitrogens is 4. The summed E-state index contributed by atoms with van der Waals surface area (Å²) in [5, 5.41) is 4.79. The summed E-state index contributed by atoms with van der Waals surface area (Å²) >= 11 is 1.56. The van der Waals surface area contributed by atoms with Gasteiger partial charge in [-0.3, -0.25) is 0 Å². The summed E-state index contributed by atoms with van der Waals surface area (Å²) in [5.74, 6) is 0.259. The molecule has 0 aliphatic carbocycles. The van der Waals surface area contributed by atoms with Crippen LogP contribution in [0.25, 0.3) is 15.3 Å². The van der Waals surface area contributed by atoms with E-state index >= 15 is 0 Å². The van der Waals surface area contributed by atoms with E-state index in [-0.39, 0.29) is 5.95 Å². The lowest BCUT2D eigenvalue weighted by Crippen LogP contribution is -1.94. The molecular formula is C9H7N5S. The molecule has 0 bridgehead atoms. The molecule has 0 radical (unpaired) electrons. The van der Waals surface area contributed by atoms with Crippen molar-refractivity contribution in [1.82, 2.24) is 19.7 Å². The second-order valence-electron chi connectivity index (χ2n) is 3.01. The zero-order valence-electron chi connectivity index (χ0n) is 7.66. The van der Waals surface area contributed by atoms with E-state index in [1.165, 1.54) is 0 Å². The fourth-order valence-electron chi connectivity index (χ4n) is 1.33. The standard InChI is InChI=1S/C9H7N5S/c10-8-11-5-14(13-8)9-12-6-3-1-2-4-7(6)15-9/h1-5H,(H2,10,13). The van der Waals surface area contributed by atoms with Gasteiger partial charge in [0.1, 0.15) is 6.33 Å². The summed E-state index contributed by atoms with van der Waals surface area (Å²) in [5.41, 5.74) is 6.41. The molecule has 0 fully saturated rings. The molecule has 15 heavy (non-hydrogen) atoms. The average molecular weight is 217 g/mol. The number of rotatable bonds is 1. The number of thiazole rings is 1. The third-order valence-corrected chi connectivity index (χ3v) is 3.01. The summed E-state index contributed by atoms with van der Waals surface area (Å²) in [6.07, 6.45) is 1.56. The van der Waals surface area contributed by atoms with E-state index in [0.29, 0.717) is 0 Å². The van der Waals surface area contributed by atoms with Crippen LogP contribution in [0.1, 0.15) is 0 Å². The zero-order valence-corrected chi connectivity index (χ0v) is 8.48. The Kier molecular flexibility index (Phi) is 1.69. The van der Waals surface area contributed by atoms with Crippen LogP contribution < -0.4 is 5.73 Å². The Balaban J connectivity index is 2.19. The SMILES string of the molecule is Nc1ncn(-c2nc3ccccc3s2)n1. The van der Waals surface area contributed by atoms with Crippen LogP contribution in [0.4, 0.5) is 5.95 Å². The van der Waals surface area contributed by atoms with Gasteiger partial charge in [0.05, 0.1) is 10.2 Å². The van der Waals surface area contributed by atoms with Gasteiger partial charge in [0.25, 0.3) is 0 Å². The van der Waals surface area contributed by atoms with Crippen molar-refractivity contribution in [3.05, 3.63) is 30.6 Å². The molecule has 2 N–H and O–H groups in total. The van der Waals surface area contributed by atoms with Crippen LogP contribution in [0, 0.1) is 0 Å². The normalized spacial score (nSPS) is 10.9. The highest BCUT2D eigenvalue weighted by atomic mass is 32.1. The van der Waals surface area contributed by atoms with E-state index in [1.54, 1.807) is 22.3 Å². The highest BCUT2D eigenvalue weighted by Gasteiger charge is 2.06. The molecule has 0 atom stereocenters. The van der Waals surface area contributed by atoms with Crippen molar-refractivity contribution in [2.45, 2.75) is 0 Å². The molecule has 3 rings (SSSR count). The molecule has 5 nitrogen and oxygen atoms in total. The van der Waals surface area contributed by atoms with Crippen LogP contribution in [0.5, 0.6) is 0 Å². The van der Waals surface area contributed by atoms with Crippen LogP contribution in [-0.2, 0) is 0 Å². The van der Waals surface area contributed by atoms with Crippen LogP contribution >= 0.6 is 11.3 Å². The first-order chi connectivity index (χ1) is 7.33. The summed E-state index contributed by atoms with van der Waals surface area (Å²) in [7, 11) is 0. The molecule has 0 spiro atoms. The Labute approximate surface area is 89.2 Å². The lowest BCUT2D eigenvalue weighted by atomic mass is 10.3. The highest BCUT2D eigenvalue weighted by Crippen LogP contribution is 2.23. The van der Waals surface area contributed by atoms with Crippen molar-refractivity contribution < 1.29 is 0 Å². The van der Waals surface area contributed by atoms with Crippen molar-refractivity contribution in [3.8, 4) is 5.13 Å². The predicted octanol–water partition coefficient (Wildman–Crippen LogP) is 1.46. The fraction of sp³-hybridized carbons (Fsp3) is 0. The molecule has 0 unspecified atom stereocenters. The van der Waals surface area contributed by atoms with Crippen molar-refractivity contribution in [2.75, 3.05) is 5.73 Å². The van der Waals surface area contributed by atoms with E-state index in [9.17, 15) is 0 Å². The Morgan fingerprint density at radius 3 is 2.87 bits per heavy atom. The Morgan fingerprint density at radius 1 is 1.27 bits per heavy atom. The molecule has 0 saturated carbocycles. The van der Waals surface area contributed by atoms with Gasteiger partial charge >= 0.3 is 0 Å². The topological polar surface area (TPSA) is 69.6 Å². The first-order valence-corrected chi connectivity index (χ1v) is 5.18. The molecule has 3 aromatic rings. The molecule has 6 heteroatoms. The van der Waals surface area contributed by atoms with E-state index in [2.05, 4.69) is 15.1 Å². The maximum absolute atomic E-state index is 5.44. The number of nitrogens with two attached hydrogens (primary N) is 1. The molecule has 0 aliphatic rings. The van der Waals surface area contributed by atoms with Crippen molar-refractivity contribution in [1.29, 1.82) is 0 Å². The largest absolute Gasteiger partial charge is 0.366 e. The monoisotopic (exact) mass is 217 g/mol. The molecule has 2 aromatic heterocycles.